The summed E-state index contributed by atoms with van der Waals surface area (Å²) in [5, 5.41) is 0. The topological polar surface area (TPSA) is 37.4 Å². The average Bonchev–Trinajstić information content (AvgIpc) is 2.93. The molecule has 16 heavy (non-hydrogen) atoms. The molecule has 3 nitrogen and oxygen atoms in total. The Morgan fingerprint density at radius 2 is 1.81 bits per heavy atom. The maximum absolute atomic E-state index is 11.9. The van der Waals surface area contributed by atoms with Crippen molar-refractivity contribution in [3.05, 3.63) is 0 Å². The van der Waals surface area contributed by atoms with Crippen molar-refractivity contribution in [1.82, 2.24) is 4.90 Å². The molecule has 1 fully saturated rings. The highest BCUT2D eigenvalue weighted by Gasteiger charge is 2.32. The van der Waals surface area contributed by atoms with Gasteiger partial charge in [0, 0.05) is 25.0 Å². The number of hydrogen-bond donors (Lipinski definition) is 0. The first kappa shape index (κ1) is 14.3. The Bertz CT molecular complexity index is 317. The van der Waals surface area contributed by atoms with Gasteiger partial charge in [-0.25, -0.2) is 8.42 Å². The molecule has 0 heterocycles. The fourth-order valence-corrected chi connectivity index (χ4v) is 2.87. The predicted molar refractivity (Wildman–Crippen MR) is 68.9 cm³/mol. The van der Waals surface area contributed by atoms with Gasteiger partial charge in [0.2, 0.25) is 0 Å². The number of hydrogen-bond acceptors (Lipinski definition) is 3. The fraction of sp³-hybridized carbons (Fsp3) is 1.00. The summed E-state index contributed by atoms with van der Waals surface area (Å²) in [7, 11) is -3.00. The van der Waals surface area contributed by atoms with Gasteiger partial charge in [0.25, 0.3) is 0 Å². The Morgan fingerprint density at radius 1 is 1.25 bits per heavy atom. The summed E-state index contributed by atoms with van der Waals surface area (Å²) >= 11 is 5.72. The number of halogens is 1. The highest BCUT2D eigenvalue weighted by atomic mass is 35.5. The Morgan fingerprint density at radius 3 is 2.19 bits per heavy atom. The molecule has 0 aromatic carbocycles. The maximum atomic E-state index is 11.9. The van der Waals surface area contributed by atoms with Gasteiger partial charge >= 0.3 is 0 Å². The van der Waals surface area contributed by atoms with Crippen LogP contribution in [0.3, 0.4) is 0 Å². The van der Waals surface area contributed by atoms with Crippen molar-refractivity contribution in [3.8, 4) is 0 Å². The van der Waals surface area contributed by atoms with E-state index in [4.69, 9.17) is 11.6 Å². The van der Waals surface area contributed by atoms with Crippen molar-refractivity contribution in [2.75, 3.05) is 24.7 Å². The van der Waals surface area contributed by atoms with E-state index in [-0.39, 0.29) is 5.75 Å². The molecule has 0 amide bonds. The Labute approximate surface area is 104 Å². The van der Waals surface area contributed by atoms with Crippen LogP contribution in [0.4, 0.5) is 0 Å². The van der Waals surface area contributed by atoms with E-state index >= 15 is 0 Å². The first-order chi connectivity index (χ1) is 7.28. The summed E-state index contributed by atoms with van der Waals surface area (Å²) < 4.78 is 23.2. The van der Waals surface area contributed by atoms with Crippen LogP contribution >= 0.6 is 11.6 Å². The van der Waals surface area contributed by atoms with Crippen molar-refractivity contribution >= 4 is 21.4 Å². The van der Waals surface area contributed by atoms with Gasteiger partial charge in [0.15, 0.2) is 9.84 Å². The molecule has 0 aliphatic heterocycles. The summed E-state index contributed by atoms with van der Waals surface area (Å²) in [6.45, 7) is 6.69. The van der Waals surface area contributed by atoms with Gasteiger partial charge in [-0.05, 0) is 33.6 Å². The monoisotopic (exact) mass is 267 g/mol. The van der Waals surface area contributed by atoms with Crippen LogP contribution in [-0.2, 0) is 9.84 Å². The lowest BCUT2D eigenvalue weighted by molar-refractivity contribution is 0.295. The largest absolute Gasteiger partial charge is 0.298 e. The lowest BCUT2D eigenvalue weighted by Gasteiger charge is -2.24. The van der Waals surface area contributed by atoms with Crippen molar-refractivity contribution in [2.24, 2.45) is 0 Å². The summed E-state index contributed by atoms with van der Waals surface area (Å²) in [5.41, 5.74) is 0. The molecule has 1 rings (SSSR count). The standard InChI is InChI=1S/C11H22ClNO2S/c1-11(2,3)16(14,15)9-8-13(7-6-12)10-4-5-10/h10H,4-9H2,1-3H3. The first-order valence-electron chi connectivity index (χ1n) is 5.80. The van der Waals surface area contributed by atoms with E-state index in [1.54, 1.807) is 20.8 Å². The van der Waals surface area contributed by atoms with E-state index < -0.39 is 14.6 Å². The van der Waals surface area contributed by atoms with Crippen molar-refractivity contribution in [1.29, 1.82) is 0 Å². The molecule has 1 aliphatic rings. The number of rotatable bonds is 6. The van der Waals surface area contributed by atoms with E-state index in [1.165, 1.54) is 12.8 Å². The van der Waals surface area contributed by atoms with Crippen molar-refractivity contribution in [2.45, 2.75) is 44.4 Å². The van der Waals surface area contributed by atoms with Gasteiger partial charge in [-0.1, -0.05) is 0 Å². The van der Waals surface area contributed by atoms with Crippen LogP contribution in [0, 0.1) is 0 Å². The Kier molecular flexibility index (Phi) is 4.66. The van der Waals surface area contributed by atoms with Crippen molar-refractivity contribution < 1.29 is 8.42 Å². The Balaban J connectivity index is 2.48. The molecule has 1 saturated carbocycles. The lowest BCUT2D eigenvalue weighted by Crippen LogP contribution is -2.38. The molecule has 0 spiro atoms. The lowest BCUT2D eigenvalue weighted by atomic mass is 10.3. The SMILES string of the molecule is CC(C)(C)S(=O)(=O)CCN(CCCl)C1CC1. The van der Waals surface area contributed by atoms with E-state index in [0.29, 0.717) is 18.5 Å². The zero-order chi connectivity index (χ0) is 12.4. The molecule has 0 unspecified atom stereocenters. The molecule has 0 radical (unpaired) electrons. The third-order valence-electron chi connectivity index (χ3n) is 3.02. The van der Waals surface area contributed by atoms with Crippen LogP contribution in [0.1, 0.15) is 33.6 Å². The molecule has 1 aliphatic carbocycles. The summed E-state index contributed by atoms with van der Waals surface area (Å²) in [6, 6.07) is 0.578. The molecule has 5 heteroatoms. The third-order valence-corrected chi connectivity index (χ3v) is 5.77. The molecule has 0 saturated heterocycles. The minimum atomic E-state index is -3.00. The average molecular weight is 268 g/mol. The Hall–Kier alpha value is 0.200. The van der Waals surface area contributed by atoms with E-state index in [2.05, 4.69) is 4.90 Å². The second-order valence-electron chi connectivity index (χ2n) is 5.39. The normalized spacial score (nSPS) is 18.1. The van der Waals surface area contributed by atoms with Crippen LogP contribution in [0.5, 0.6) is 0 Å². The molecule has 0 N–H and O–H groups in total. The zero-order valence-corrected chi connectivity index (χ0v) is 11.9. The second-order valence-corrected chi connectivity index (χ2v) is 8.63. The van der Waals surface area contributed by atoms with Gasteiger partial charge in [0.1, 0.15) is 0 Å². The summed E-state index contributed by atoms with van der Waals surface area (Å²) in [5.74, 6) is 0.815. The van der Waals surface area contributed by atoms with E-state index in [0.717, 1.165) is 6.54 Å². The maximum Gasteiger partial charge on any atom is 0.156 e. The zero-order valence-electron chi connectivity index (χ0n) is 10.4. The number of alkyl halides is 1. The highest BCUT2D eigenvalue weighted by molar-refractivity contribution is 7.92. The molecule has 0 aromatic heterocycles. The van der Waals surface area contributed by atoms with Gasteiger partial charge < -0.3 is 0 Å². The molecular weight excluding hydrogens is 246 g/mol. The quantitative estimate of drug-likeness (QED) is 0.690. The first-order valence-corrected chi connectivity index (χ1v) is 7.99. The van der Waals surface area contributed by atoms with Crippen LogP contribution in [0.25, 0.3) is 0 Å². The minimum Gasteiger partial charge on any atom is -0.298 e. The van der Waals surface area contributed by atoms with Gasteiger partial charge in [-0.3, -0.25) is 4.90 Å². The van der Waals surface area contributed by atoms with E-state index in [9.17, 15) is 8.42 Å². The van der Waals surface area contributed by atoms with Gasteiger partial charge in [0.05, 0.1) is 10.5 Å². The van der Waals surface area contributed by atoms with Crippen LogP contribution < -0.4 is 0 Å². The molecule has 0 bridgehead atoms. The third kappa shape index (κ3) is 3.90. The highest BCUT2D eigenvalue weighted by Crippen LogP contribution is 2.27. The fourth-order valence-electron chi connectivity index (χ4n) is 1.57. The van der Waals surface area contributed by atoms with Crippen molar-refractivity contribution in [3.63, 3.8) is 0 Å². The molecular formula is C11H22ClNO2S. The number of sulfone groups is 1. The smallest absolute Gasteiger partial charge is 0.156 e. The van der Waals surface area contributed by atoms with Gasteiger partial charge in [-0.15, -0.1) is 11.6 Å². The second kappa shape index (κ2) is 5.23. The molecule has 96 valence electrons. The van der Waals surface area contributed by atoms with Crippen LogP contribution in [-0.4, -0.2) is 48.8 Å². The molecule has 0 atom stereocenters. The molecule has 0 aromatic rings. The number of nitrogens with zero attached hydrogens (tertiary/aromatic N) is 1. The van der Waals surface area contributed by atoms with Crippen LogP contribution in [0.2, 0.25) is 0 Å². The summed E-state index contributed by atoms with van der Waals surface area (Å²) in [4.78, 5) is 2.20. The minimum absolute atomic E-state index is 0.240. The van der Waals surface area contributed by atoms with E-state index in [1.807, 2.05) is 0 Å². The summed E-state index contributed by atoms with van der Waals surface area (Å²) in [6.07, 6.45) is 2.37. The predicted octanol–water partition coefficient (Wildman–Crippen LogP) is 1.90. The van der Waals surface area contributed by atoms with Gasteiger partial charge in [-0.2, -0.15) is 0 Å². The van der Waals surface area contributed by atoms with Crippen LogP contribution in [0.15, 0.2) is 0 Å².